The lowest BCUT2D eigenvalue weighted by Gasteiger charge is -2.43. The second-order valence-corrected chi connectivity index (χ2v) is 9.30. The number of carbonyl (C=O) groups is 1. The van der Waals surface area contributed by atoms with Gasteiger partial charge in [0.25, 0.3) is 0 Å². The average molecular weight is 518 g/mol. The van der Waals surface area contributed by atoms with Gasteiger partial charge in [0.2, 0.25) is 0 Å². The van der Waals surface area contributed by atoms with E-state index in [9.17, 15) is 9.18 Å². The Morgan fingerprint density at radius 1 is 1.10 bits per heavy atom. The van der Waals surface area contributed by atoms with Gasteiger partial charge in [-0.1, -0.05) is 29.3 Å². The number of halogens is 4. The first kappa shape index (κ1) is 23.3. The Kier molecular flexibility index (Phi) is 7.02. The fourth-order valence-corrected chi connectivity index (χ4v) is 5.10. The number of hydrogen-bond acceptors (Lipinski definition) is 2. The highest BCUT2D eigenvalue weighted by molar-refractivity contribution is 6.31. The smallest absolute Gasteiger partial charge is 0.411 e. The predicted molar refractivity (Wildman–Crippen MR) is 114 cm³/mol. The molecule has 1 N–H and O–H groups in total. The number of rotatable bonds is 3. The molecule has 1 unspecified atom stereocenters. The van der Waals surface area contributed by atoms with Crippen LogP contribution in [0.15, 0.2) is 36.4 Å². The summed E-state index contributed by atoms with van der Waals surface area (Å²) in [5, 5.41) is 3.34. The Hall–Kier alpha value is -1.34. The van der Waals surface area contributed by atoms with Gasteiger partial charge in [-0.05, 0) is 35.9 Å². The van der Waals surface area contributed by atoms with E-state index in [0.717, 1.165) is 17.3 Å². The van der Waals surface area contributed by atoms with Gasteiger partial charge in [-0.15, -0.1) is 0 Å². The maximum atomic E-state index is 13.5. The van der Waals surface area contributed by atoms with Crippen LogP contribution in [0.2, 0.25) is 10.0 Å². The van der Waals surface area contributed by atoms with E-state index < -0.39 is 11.9 Å². The third kappa shape index (κ3) is 4.62. The molecular formula is C22H24BrCl2FN2O2. The number of nitrogens with one attached hydrogen (secondary N) is 1. The van der Waals surface area contributed by atoms with E-state index in [0.29, 0.717) is 33.9 Å². The van der Waals surface area contributed by atoms with Crippen LogP contribution in [0.3, 0.4) is 0 Å². The molecule has 2 aliphatic heterocycles. The standard InChI is InChI=1S/C22H23Cl2FN2O2.BrH/c1-27(2)15-5-6-16(27)12-17(11-15)29-22(28)26-21-8-4-14(23)10-18(21)13-3-7-20(25)19(24)9-13;/h3-4,7-10,15-17H,5-6,11-12H2,1-2H3;1H/t15-,16+,17?;. The molecule has 1 amide bonds. The van der Waals surface area contributed by atoms with Crippen LogP contribution in [-0.2, 0) is 4.74 Å². The lowest BCUT2D eigenvalue weighted by Crippen LogP contribution is -3.00. The van der Waals surface area contributed by atoms with Crippen molar-refractivity contribution in [3.05, 3.63) is 52.3 Å². The Balaban J connectivity index is 0.00000256. The molecular weight excluding hydrogens is 494 g/mol. The van der Waals surface area contributed by atoms with Crippen molar-refractivity contribution in [2.24, 2.45) is 0 Å². The van der Waals surface area contributed by atoms with Crippen LogP contribution in [0.25, 0.3) is 11.1 Å². The normalized spacial score (nSPS) is 24.1. The summed E-state index contributed by atoms with van der Waals surface area (Å²) in [4.78, 5) is 12.6. The highest BCUT2D eigenvalue weighted by Gasteiger charge is 2.49. The van der Waals surface area contributed by atoms with Crippen molar-refractivity contribution in [3.63, 3.8) is 0 Å². The Morgan fingerprint density at radius 3 is 2.40 bits per heavy atom. The minimum absolute atomic E-state index is 0. The van der Waals surface area contributed by atoms with E-state index in [2.05, 4.69) is 19.4 Å². The van der Waals surface area contributed by atoms with Crippen molar-refractivity contribution in [3.8, 4) is 11.1 Å². The van der Waals surface area contributed by atoms with E-state index in [-0.39, 0.29) is 28.1 Å². The number of anilines is 1. The van der Waals surface area contributed by atoms with Crippen LogP contribution >= 0.6 is 23.2 Å². The van der Waals surface area contributed by atoms with Crippen LogP contribution in [-0.4, -0.2) is 42.9 Å². The zero-order valence-corrected chi connectivity index (χ0v) is 19.9. The molecule has 4 nitrogen and oxygen atoms in total. The number of quaternary nitrogens is 1. The largest absolute Gasteiger partial charge is 1.00 e. The van der Waals surface area contributed by atoms with Gasteiger partial charge in [-0.3, -0.25) is 5.32 Å². The number of ether oxygens (including phenoxy) is 1. The van der Waals surface area contributed by atoms with Gasteiger partial charge in [0, 0.05) is 36.3 Å². The van der Waals surface area contributed by atoms with Gasteiger partial charge < -0.3 is 26.2 Å². The summed E-state index contributed by atoms with van der Waals surface area (Å²) < 4.78 is 20.3. The highest BCUT2D eigenvalue weighted by Crippen LogP contribution is 2.40. The summed E-state index contributed by atoms with van der Waals surface area (Å²) in [5.74, 6) is -0.500. The third-order valence-electron chi connectivity index (χ3n) is 6.51. The van der Waals surface area contributed by atoms with Gasteiger partial charge in [-0.2, -0.15) is 0 Å². The molecule has 0 spiro atoms. The van der Waals surface area contributed by atoms with Gasteiger partial charge in [0.1, 0.15) is 11.9 Å². The Bertz CT molecular complexity index is 941. The fourth-order valence-electron chi connectivity index (χ4n) is 4.75. The van der Waals surface area contributed by atoms with Crippen molar-refractivity contribution in [2.75, 3.05) is 19.4 Å². The zero-order valence-electron chi connectivity index (χ0n) is 16.8. The predicted octanol–water partition coefficient (Wildman–Crippen LogP) is 3.12. The quantitative estimate of drug-likeness (QED) is 0.635. The third-order valence-corrected chi connectivity index (χ3v) is 7.03. The monoisotopic (exact) mass is 516 g/mol. The minimum atomic E-state index is -0.500. The van der Waals surface area contributed by atoms with Crippen molar-refractivity contribution >= 4 is 35.0 Å². The molecule has 2 bridgehead atoms. The molecule has 2 aromatic rings. The molecule has 2 heterocycles. The van der Waals surface area contributed by atoms with Crippen molar-refractivity contribution in [2.45, 2.75) is 43.9 Å². The number of piperidine rings is 1. The highest BCUT2D eigenvalue weighted by atomic mass is 79.9. The number of amides is 1. The summed E-state index contributed by atoms with van der Waals surface area (Å²) in [6, 6.07) is 10.6. The molecule has 2 aliphatic rings. The van der Waals surface area contributed by atoms with Crippen LogP contribution in [0.5, 0.6) is 0 Å². The lowest BCUT2D eigenvalue weighted by atomic mass is 9.98. The van der Waals surface area contributed by atoms with Crippen LogP contribution < -0.4 is 22.3 Å². The molecule has 3 atom stereocenters. The first-order valence-electron chi connectivity index (χ1n) is 9.80. The van der Waals surface area contributed by atoms with Gasteiger partial charge in [-0.25, -0.2) is 9.18 Å². The minimum Gasteiger partial charge on any atom is -1.00 e. The van der Waals surface area contributed by atoms with E-state index in [1.807, 2.05) is 0 Å². The van der Waals surface area contributed by atoms with Gasteiger partial charge >= 0.3 is 6.09 Å². The lowest BCUT2D eigenvalue weighted by molar-refractivity contribution is -0.931. The maximum absolute atomic E-state index is 13.5. The second kappa shape index (κ2) is 9.03. The van der Waals surface area contributed by atoms with Crippen molar-refractivity contribution < 1.29 is 35.4 Å². The Morgan fingerprint density at radius 2 is 1.77 bits per heavy atom. The average Bonchev–Trinajstić information content (AvgIpc) is 2.83. The SMILES string of the molecule is C[N+]1(C)[C@@H]2CC[C@H]1CC(OC(=O)Nc1ccc(Cl)cc1-c1ccc(F)c(Cl)c1)C2.[Br-]. The summed E-state index contributed by atoms with van der Waals surface area (Å²) >= 11 is 12.1. The van der Waals surface area contributed by atoms with Crippen molar-refractivity contribution in [1.29, 1.82) is 0 Å². The maximum Gasteiger partial charge on any atom is 0.411 e. The topological polar surface area (TPSA) is 38.3 Å². The summed E-state index contributed by atoms with van der Waals surface area (Å²) in [6.45, 7) is 0. The molecule has 2 saturated heterocycles. The summed E-state index contributed by atoms with van der Waals surface area (Å²) in [6.07, 6.45) is 3.58. The van der Waals surface area contributed by atoms with E-state index >= 15 is 0 Å². The van der Waals surface area contributed by atoms with Crippen LogP contribution in [0.4, 0.5) is 14.9 Å². The van der Waals surface area contributed by atoms with Crippen LogP contribution in [0.1, 0.15) is 25.7 Å². The first-order chi connectivity index (χ1) is 13.7. The summed E-state index contributed by atoms with van der Waals surface area (Å²) in [5.41, 5.74) is 1.85. The molecule has 162 valence electrons. The molecule has 0 saturated carbocycles. The first-order valence-corrected chi connectivity index (χ1v) is 10.6. The van der Waals surface area contributed by atoms with Crippen LogP contribution in [0, 0.1) is 5.82 Å². The second-order valence-electron chi connectivity index (χ2n) is 8.46. The Labute approximate surface area is 196 Å². The number of carbonyl (C=O) groups excluding carboxylic acids is 1. The number of nitrogens with zero attached hydrogens (tertiary/aromatic N) is 1. The summed E-state index contributed by atoms with van der Waals surface area (Å²) in [7, 11) is 4.54. The number of benzene rings is 2. The van der Waals surface area contributed by atoms with E-state index in [4.69, 9.17) is 27.9 Å². The molecule has 0 radical (unpaired) electrons. The van der Waals surface area contributed by atoms with E-state index in [1.54, 1.807) is 24.3 Å². The van der Waals surface area contributed by atoms with E-state index in [1.165, 1.54) is 25.0 Å². The molecule has 4 rings (SSSR count). The molecule has 0 aliphatic carbocycles. The molecule has 2 fully saturated rings. The molecule has 30 heavy (non-hydrogen) atoms. The van der Waals surface area contributed by atoms with Gasteiger partial charge in [0.15, 0.2) is 0 Å². The zero-order chi connectivity index (χ0) is 20.8. The fraction of sp³-hybridized carbons (Fsp3) is 0.409. The van der Waals surface area contributed by atoms with Crippen molar-refractivity contribution in [1.82, 2.24) is 0 Å². The number of fused-ring (bicyclic) bond motifs is 2. The van der Waals surface area contributed by atoms with Gasteiger partial charge in [0.05, 0.1) is 36.9 Å². The number of hydrogen-bond donors (Lipinski definition) is 1. The molecule has 8 heteroatoms. The molecule has 0 aromatic heterocycles. The molecule has 2 aromatic carbocycles.